The first-order valence-electron chi connectivity index (χ1n) is 9.07. The van der Waals surface area contributed by atoms with Gasteiger partial charge in [-0.2, -0.15) is 0 Å². The van der Waals surface area contributed by atoms with Crippen molar-refractivity contribution in [3.63, 3.8) is 0 Å². The monoisotopic (exact) mass is 349 g/mol. The molecule has 0 saturated carbocycles. The Morgan fingerprint density at radius 3 is 2.84 bits per heavy atom. The molecule has 0 bridgehead atoms. The Morgan fingerprint density at radius 1 is 1.40 bits per heavy atom. The maximum Gasteiger partial charge on any atom is 0.276 e. The third kappa shape index (κ3) is 3.71. The van der Waals surface area contributed by atoms with E-state index in [1.165, 1.54) is 6.39 Å². The SMILES string of the molecule is CCc1ocnc1C(=O)N1CCC2(CC1)CC(=O)N(CCCOC)C2. The number of piperidine rings is 1. The second-order valence-electron chi connectivity index (χ2n) is 7.11. The molecule has 2 amide bonds. The summed E-state index contributed by atoms with van der Waals surface area (Å²) in [6, 6.07) is 0. The summed E-state index contributed by atoms with van der Waals surface area (Å²) in [6.45, 7) is 5.54. The molecule has 0 unspecified atom stereocenters. The van der Waals surface area contributed by atoms with Gasteiger partial charge in [0.25, 0.3) is 5.91 Å². The molecule has 25 heavy (non-hydrogen) atoms. The molecule has 138 valence electrons. The first-order chi connectivity index (χ1) is 12.1. The van der Waals surface area contributed by atoms with Crippen LogP contribution in [0.5, 0.6) is 0 Å². The fraction of sp³-hybridized carbons (Fsp3) is 0.722. The zero-order valence-corrected chi connectivity index (χ0v) is 15.1. The third-order valence-corrected chi connectivity index (χ3v) is 5.46. The van der Waals surface area contributed by atoms with Crippen LogP contribution >= 0.6 is 0 Å². The molecule has 1 aromatic heterocycles. The van der Waals surface area contributed by atoms with E-state index in [4.69, 9.17) is 9.15 Å². The molecule has 3 rings (SSSR count). The number of oxazole rings is 1. The second-order valence-corrected chi connectivity index (χ2v) is 7.11. The molecule has 1 spiro atoms. The number of hydrogen-bond acceptors (Lipinski definition) is 5. The van der Waals surface area contributed by atoms with Gasteiger partial charge >= 0.3 is 0 Å². The highest BCUT2D eigenvalue weighted by atomic mass is 16.5. The lowest BCUT2D eigenvalue weighted by molar-refractivity contribution is -0.128. The smallest absolute Gasteiger partial charge is 0.276 e. The summed E-state index contributed by atoms with van der Waals surface area (Å²) in [5.41, 5.74) is 0.459. The Bertz CT molecular complexity index is 620. The highest BCUT2D eigenvalue weighted by molar-refractivity contribution is 5.93. The highest BCUT2D eigenvalue weighted by Gasteiger charge is 2.45. The van der Waals surface area contributed by atoms with E-state index in [1.807, 2.05) is 16.7 Å². The quantitative estimate of drug-likeness (QED) is 0.731. The second kappa shape index (κ2) is 7.56. The Hall–Kier alpha value is -1.89. The molecule has 2 saturated heterocycles. The number of hydrogen-bond donors (Lipinski definition) is 0. The minimum atomic E-state index is -0.0540. The molecule has 2 aliphatic rings. The fourth-order valence-corrected chi connectivity index (χ4v) is 3.95. The van der Waals surface area contributed by atoms with E-state index in [-0.39, 0.29) is 17.2 Å². The van der Waals surface area contributed by atoms with Crippen molar-refractivity contribution in [2.75, 3.05) is 39.9 Å². The first kappa shape index (κ1) is 17.9. The number of aromatic nitrogens is 1. The van der Waals surface area contributed by atoms with Crippen LogP contribution in [-0.4, -0.2) is 66.5 Å². The maximum atomic E-state index is 12.7. The minimum absolute atomic E-state index is 0.0261. The fourth-order valence-electron chi connectivity index (χ4n) is 3.95. The van der Waals surface area contributed by atoms with E-state index in [2.05, 4.69) is 4.98 Å². The topological polar surface area (TPSA) is 75.9 Å². The third-order valence-electron chi connectivity index (χ3n) is 5.46. The van der Waals surface area contributed by atoms with Crippen molar-refractivity contribution in [2.24, 2.45) is 5.41 Å². The van der Waals surface area contributed by atoms with Gasteiger partial charge < -0.3 is 19.0 Å². The Balaban J connectivity index is 1.57. The van der Waals surface area contributed by atoms with Gasteiger partial charge in [0, 0.05) is 58.2 Å². The van der Waals surface area contributed by atoms with Crippen molar-refractivity contribution >= 4 is 11.8 Å². The van der Waals surface area contributed by atoms with Gasteiger partial charge in [-0.25, -0.2) is 4.98 Å². The van der Waals surface area contributed by atoms with Crippen LogP contribution in [0.4, 0.5) is 0 Å². The Morgan fingerprint density at radius 2 is 2.16 bits per heavy atom. The van der Waals surface area contributed by atoms with Gasteiger partial charge in [0.05, 0.1) is 0 Å². The van der Waals surface area contributed by atoms with E-state index in [9.17, 15) is 9.59 Å². The summed E-state index contributed by atoms with van der Waals surface area (Å²) in [4.78, 5) is 32.9. The summed E-state index contributed by atoms with van der Waals surface area (Å²) in [5, 5.41) is 0. The zero-order valence-electron chi connectivity index (χ0n) is 15.1. The number of nitrogens with zero attached hydrogens (tertiary/aromatic N) is 3. The number of rotatable bonds is 6. The van der Waals surface area contributed by atoms with Crippen LogP contribution in [0, 0.1) is 5.41 Å². The lowest BCUT2D eigenvalue weighted by atomic mass is 9.77. The molecule has 7 heteroatoms. The lowest BCUT2D eigenvalue weighted by Gasteiger charge is -2.38. The number of ether oxygens (including phenoxy) is 1. The van der Waals surface area contributed by atoms with Crippen LogP contribution in [0.3, 0.4) is 0 Å². The van der Waals surface area contributed by atoms with Gasteiger partial charge in [0.15, 0.2) is 12.1 Å². The average molecular weight is 349 g/mol. The number of amides is 2. The number of aryl methyl sites for hydroxylation is 1. The minimum Gasteiger partial charge on any atom is -0.448 e. The standard InChI is InChI=1S/C18H27N3O4/c1-3-14-16(19-13-25-14)17(23)20-8-5-18(6-9-20)11-15(22)21(12-18)7-4-10-24-2/h13H,3-12H2,1-2H3. The molecular formula is C18H27N3O4. The zero-order chi connectivity index (χ0) is 17.9. The molecule has 0 aromatic carbocycles. The van der Waals surface area contributed by atoms with E-state index < -0.39 is 0 Å². The van der Waals surface area contributed by atoms with Crippen LogP contribution in [0.25, 0.3) is 0 Å². The summed E-state index contributed by atoms with van der Waals surface area (Å²) >= 11 is 0. The molecular weight excluding hydrogens is 322 g/mol. The van der Waals surface area contributed by atoms with Crippen molar-refractivity contribution < 1.29 is 18.7 Å². The van der Waals surface area contributed by atoms with Crippen molar-refractivity contribution in [2.45, 2.75) is 39.0 Å². The van der Waals surface area contributed by atoms with Crippen molar-refractivity contribution in [1.82, 2.24) is 14.8 Å². The molecule has 0 radical (unpaired) electrons. The van der Waals surface area contributed by atoms with Crippen LogP contribution in [0.15, 0.2) is 10.8 Å². The van der Waals surface area contributed by atoms with Crippen LogP contribution < -0.4 is 0 Å². The first-order valence-corrected chi connectivity index (χ1v) is 9.07. The van der Waals surface area contributed by atoms with Crippen LogP contribution in [0.1, 0.15) is 48.9 Å². The van der Waals surface area contributed by atoms with E-state index in [1.54, 1.807) is 7.11 Å². The number of likely N-dealkylation sites (tertiary alicyclic amines) is 2. The number of methoxy groups -OCH3 is 1. The summed E-state index contributed by atoms with van der Waals surface area (Å²) < 4.78 is 10.3. The molecule has 2 fully saturated rings. The van der Waals surface area contributed by atoms with E-state index >= 15 is 0 Å². The van der Waals surface area contributed by atoms with Crippen LogP contribution in [-0.2, 0) is 16.0 Å². The summed E-state index contributed by atoms with van der Waals surface area (Å²) in [5.74, 6) is 0.827. The van der Waals surface area contributed by atoms with Crippen LogP contribution in [0.2, 0.25) is 0 Å². The molecule has 0 aliphatic carbocycles. The molecule has 3 heterocycles. The van der Waals surface area contributed by atoms with Gasteiger partial charge in [-0.15, -0.1) is 0 Å². The predicted molar refractivity (Wildman–Crippen MR) is 91.1 cm³/mol. The summed E-state index contributed by atoms with van der Waals surface area (Å²) in [7, 11) is 1.68. The Labute approximate surface area is 148 Å². The molecule has 2 aliphatic heterocycles. The average Bonchev–Trinajstić information content (AvgIpc) is 3.20. The van der Waals surface area contributed by atoms with Gasteiger partial charge in [-0.1, -0.05) is 6.92 Å². The lowest BCUT2D eigenvalue weighted by Crippen LogP contribution is -2.44. The van der Waals surface area contributed by atoms with E-state index in [0.717, 1.165) is 32.4 Å². The van der Waals surface area contributed by atoms with Crippen molar-refractivity contribution in [1.29, 1.82) is 0 Å². The van der Waals surface area contributed by atoms with Crippen molar-refractivity contribution in [3.8, 4) is 0 Å². The largest absolute Gasteiger partial charge is 0.448 e. The number of carbonyl (C=O) groups is 2. The normalized spacial score (nSPS) is 19.8. The number of carbonyl (C=O) groups excluding carboxylic acids is 2. The van der Waals surface area contributed by atoms with Gasteiger partial charge in [0.1, 0.15) is 5.76 Å². The molecule has 0 atom stereocenters. The maximum absolute atomic E-state index is 12.7. The molecule has 1 aromatic rings. The molecule has 7 nitrogen and oxygen atoms in total. The predicted octanol–water partition coefficient (Wildman–Crippen LogP) is 1.73. The van der Waals surface area contributed by atoms with E-state index in [0.29, 0.717) is 44.0 Å². The Kier molecular flexibility index (Phi) is 5.42. The van der Waals surface area contributed by atoms with Gasteiger partial charge in [0.2, 0.25) is 5.91 Å². The van der Waals surface area contributed by atoms with Crippen molar-refractivity contribution in [3.05, 3.63) is 17.8 Å². The molecule has 0 N–H and O–H groups in total. The summed E-state index contributed by atoms with van der Waals surface area (Å²) in [6.07, 6.45) is 5.20. The van der Waals surface area contributed by atoms with Gasteiger partial charge in [-0.3, -0.25) is 9.59 Å². The highest BCUT2D eigenvalue weighted by Crippen LogP contribution is 2.41. The van der Waals surface area contributed by atoms with Gasteiger partial charge in [-0.05, 0) is 19.3 Å².